The van der Waals surface area contributed by atoms with Gasteiger partial charge in [-0.3, -0.25) is 9.69 Å². The first kappa shape index (κ1) is 17.4. The molecule has 1 heterocycles. The second-order valence-corrected chi connectivity index (χ2v) is 6.59. The Bertz CT molecular complexity index is 287. The number of carboxylic acid groups (broad SMARTS) is 1. The Hall–Kier alpha value is -0.650. The highest BCUT2D eigenvalue weighted by molar-refractivity contribution is 5.69. The highest BCUT2D eigenvalue weighted by atomic mass is 16.4. The minimum Gasteiger partial charge on any atom is -0.480 e. The molecule has 0 aliphatic carbocycles. The Balaban J connectivity index is 2.45. The Morgan fingerprint density at radius 1 is 1.25 bits per heavy atom. The van der Waals surface area contributed by atoms with Gasteiger partial charge in [0.1, 0.15) is 0 Å². The van der Waals surface area contributed by atoms with Crippen molar-refractivity contribution in [3.63, 3.8) is 0 Å². The van der Waals surface area contributed by atoms with Crippen LogP contribution in [-0.4, -0.2) is 85.2 Å². The number of hydrogen-bond acceptors (Lipinski definition) is 4. The molecule has 1 aliphatic heterocycles. The van der Waals surface area contributed by atoms with Crippen LogP contribution < -0.4 is 0 Å². The van der Waals surface area contributed by atoms with E-state index in [0.717, 1.165) is 45.6 Å². The quantitative estimate of drug-likeness (QED) is 0.722. The second-order valence-electron chi connectivity index (χ2n) is 6.59. The van der Waals surface area contributed by atoms with Gasteiger partial charge in [0.15, 0.2) is 0 Å². The molecular formula is C15H31N3O2. The van der Waals surface area contributed by atoms with E-state index < -0.39 is 5.97 Å². The Morgan fingerprint density at radius 2 is 1.85 bits per heavy atom. The number of likely N-dealkylation sites (N-methyl/N-ethyl adjacent to an activating group) is 1. The van der Waals surface area contributed by atoms with Crippen LogP contribution in [0.1, 0.15) is 26.7 Å². The maximum absolute atomic E-state index is 11.0. The van der Waals surface area contributed by atoms with Crippen LogP contribution in [0.2, 0.25) is 0 Å². The molecule has 0 unspecified atom stereocenters. The largest absolute Gasteiger partial charge is 0.480 e. The Morgan fingerprint density at radius 3 is 2.30 bits per heavy atom. The zero-order valence-electron chi connectivity index (χ0n) is 13.5. The van der Waals surface area contributed by atoms with E-state index in [1.54, 1.807) is 0 Å². The molecule has 0 radical (unpaired) electrons. The van der Waals surface area contributed by atoms with Crippen molar-refractivity contribution >= 4 is 5.97 Å². The fourth-order valence-electron chi connectivity index (χ4n) is 2.88. The molecule has 0 amide bonds. The standard InChI is InChI=1S/C15H31N3O2/c1-13(2)11-17-7-5-14(6-8-17)18(12-15(19)20)10-9-16(3)4/h13-14H,5-12H2,1-4H3,(H,19,20). The molecule has 1 saturated heterocycles. The summed E-state index contributed by atoms with van der Waals surface area (Å²) in [6.07, 6.45) is 2.18. The van der Waals surface area contributed by atoms with Crippen LogP contribution in [0.4, 0.5) is 0 Å². The summed E-state index contributed by atoms with van der Waals surface area (Å²) in [6.45, 7) is 9.78. The zero-order valence-corrected chi connectivity index (χ0v) is 13.5. The topological polar surface area (TPSA) is 47.0 Å². The van der Waals surface area contributed by atoms with Crippen molar-refractivity contribution in [3.8, 4) is 0 Å². The third kappa shape index (κ3) is 6.68. The molecule has 1 N–H and O–H groups in total. The smallest absolute Gasteiger partial charge is 0.317 e. The first-order valence-corrected chi connectivity index (χ1v) is 7.71. The van der Waals surface area contributed by atoms with Crippen molar-refractivity contribution in [1.29, 1.82) is 0 Å². The van der Waals surface area contributed by atoms with Gasteiger partial charge >= 0.3 is 5.97 Å². The normalized spacial score (nSPS) is 18.4. The van der Waals surface area contributed by atoms with Gasteiger partial charge in [-0.05, 0) is 45.9 Å². The van der Waals surface area contributed by atoms with Crippen LogP contribution in [-0.2, 0) is 4.79 Å². The summed E-state index contributed by atoms with van der Waals surface area (Å²) in [5.41, 5.74) is 0. The van der Waals surface area contributed by atoms with E-state index in [0.29, 0.717) is 12.0 Å². The minimum atomic E-state index is -0.714. The lowest BCUT2D eigenvalue weighted by Crippen LogP contribution is -2.48. The molecule has 0 spiro atoms. The predicted molar refractivity (Wildman–Crippen MR) is 82.1 cm³/mol. The van der Waals surface area contributed by atoms with E-state index in [4.69, 9.17) is 5.11 Å². The molecule has 118 valence electrons. The first-order valence-electron chi connectivity index (χ1n) is 7.71. The molecule has 0 bridgehead atoms. The van der Waals surface area contributed by atoms with E-state index >= 15 is 0 Å². The van der Waals surface area contributed by atoms with Crippen LogP contribution in [0.25, 0.3) is 0 Å². The predicted octanol–water partition coefficient (Wildman–Crippen LogP) is 1.06. The molecule has 0 aromatic rings. The van der Waals surface area contributed by atoms with Crippen LogP contribution in [0.5, 0.6) is 0 Å². The summed E-state index contributed by atoms with van der Waals surface area (Å²) >= 11 is 0. The summed E-state index contributed by atoms with van der Waals surface area (Å²) < 4.78 is 0. The lowest BCUT2D eigenvalue weighted by atomic mass is 10.0. The highest BCUT2D eigenvalue weighted by Gasteiger charge is 2.25. The van der Waals surface area contributed by atoms with Crippen molar-refractivity contribution in [2.24, 2.45) is 5.92 Å². The number of rotatable bonds is 8. The molecule has 1 rings (SSSR count). The van der Waals surface area contributed by atoms with Crippen molar-refractivity contribution in [2.75, 3.05) is 53.4 Å². The second kappa shape index (κ2) is 8.60. The number of piperidine rings is 1. The van der Waals surface area contributed by atoms with Crippen LogP contribution in [0.3, 0.4) is 0 Å². The van der Waals surface area contributed by atoms with Crippen LogP contribution in [0, 0.1) is 5.92 Å². The van der Waals surface area contributed by atoms with Gasteiger partial charge in [0.05, 0.1) is 6.54 Å². The van der Waals surface area contributed by atoms with Gasteiger partial charge in [-0.2, -0.15) is 0 Å². The summed E-state index contributed by atoms with van der Waals surface area (Å²) in [4.78, 5) is 17.8. The van der Waals surface area contributed by atoms with Crippen LogP contribution >= 0.6 is 0 Å². The maximum Gasteiger partial charge on any atom is 0.317 e. The lowest BCUT2D eigenvalue weighted by molar-refractivity contribution is -0.139. The van der Waals surface area contributed by atoms with E-state index in [-0.39, 0.29) is 6.54 Å². The van der Waals surface area contributed by atoms with E-state index in [1.165, 1.54) is 0 Å². The van der Waals surface area contributed by atoms with Gasteiger partial charge in [0.2, 0.25) is 0 Å². The number of carboxylic acids is 1. The van der Waals surface area contributed by atoms with Gasteiger partial charge < -0.3 is 14.9 Å². The third-order valence-electron chi connectivity index (χ3n) is 3.87. The number of carbonyl (C=O) groups is 1. The van der Waals surface area contributed by atoms with Crippen molar-refractivity contribution in [2.45, 2.75) is 32.7 Å². The van der Waals surface area contributed by atoms with Gasteiger partial charge in [-0.1, -0.05) is 13.8 Å². The number of nitrogens with zero attached hydrogens (tertiary/aromatic N) is 3. The molecule has 5 heteroatoms. The Kier molecular flexibility index (Phi) is 7.48. The van der Waals surface area contributed by atoms with Crippen LogP contribution in [0.15, 0.2) is 0 Å². The van der Waals surface area contributed by atoms with E-state index in [9.17, 15) is 4.79 Å². The number of hydrogen-bond donors (Lipinski definition) is 1. The molecule has 0 saturated carbocycles. The van der Waals surface area contributed by atoms with Crippen molar-refractivity contribution in [3.05, 3.63) is 0 Å². The van der Waals surface area contributed by atoms with Crippen molar-refractivity contribution in [1.82, 2.24) is 14.7 Å². The first-order chi connectivity index (χ1) is 9.38. The molecule has 5 nitrogen and oxygen atoms in total. The lowest BCUT2D eigenvalue weighted by Gasteiger charge is -2.38. The maximum atomic E-state index is 11.0. The monoisotopic (exact) mass is 285 g/mol. The summed E-state index contributed by atoms with van der Waals surface area (Å²) in [5.74, 6) is -0.0104. The van der Waals surface area contributed by atoms with E-state index in [2.05, 4.69) is 28.5 Å². The molecule has 20 heavy (non-hydrogen) atoms. The zero-order chi connectivity index (χ0) is 15.1. The SMILES string of the molecule is CC(C)CN1CCC(N(CCN(C)C)CC(=O)O)CC1. The third-order valence-corrected chi connectivity index (χ3v) is 3.87. The molecule has 1 fully saturated rings. The van der Waals surface area contributed by atoms with Gasteiger partial charge in [-0.25, -0.2) is 0 Å². The average molecular weight is 285 g/mol. The average Bonchev–Trinajstić information content (AvgIpc) is 2.34. The highest BCUT2D eigenvalue weighted by Crippen LogP contribution is 2.17. The molecule has 0 aromatic carbocycles. The fraction of sp³-hybridized carbons (Fsp3) is 0.933. The number of likely N-dealkylation sites (tertiary alicyclic amines) is 1. The van der Waals surface area contributed by atoms with Gasteiger partial charge in [0.25, 0.3) is 0 Å². The Labute approximate surface area is 123 Å². The summed E-state index contributed by atoms with van der Waals surface area (Å²) in [5, 5.41) is 9.09. The van der Waals surface area contributed by atoms with E-state index in [1.807, 2.05) is 14.1 Å². The summed E-state index contributed by atoms with van der Waals surface area (Å²) in [7, 11) is 4.06. The minimum absolute atomic E-state index is 0.169. The fourth-order valence-corrected chi connectivity index (χ4v) is 2.88. The molecule has 0 atom stereocenters. The van der Waals surface area contributed by atoms with Crippen molar-refractivity contribution < 1.29 is 9.90 Å². The molecular weight excluding hydrogens is 254 g/mol. The van der Waals surface area contributed by atoms with Gasteiger partial charge in [0, 0.05) is 25.7 Å². The molecule has 1 aliphatic rings. The number of aliphatic carboxylic acids is 1. The molecule has 0 aromatic heterocycles. The summed E-state index contributed by atoms with van der Waals surface area (Å²) in [6, 6.07) is 0.425. The van der Waals surface area contributed by atoms with Gasteiger partial charge in [-0.15, -0.1) is 0 Å².